The minimum atomic E-state index is -5.14. The van der Waals surface area contributed by atoms with Gasteiger partial charge < -0.3 is 68.6 Å². The van der Waals surface area contributed by atoms with Gasteiger partial charge in [0.2, 0.25) is 11.8 Å². The summed E-state index contributed by atoms with van der Waals surface area (Å²) in [6, 6.07) is 77.1. The highest BCUT2D eigenvalue weighted by Gasteiger charge is 2.45. The van der Waals surface area contributed by atoms with Crippen LogP contribution in [0, 0.1) is 35.5 Å². The summed E-state index contributed by atoms with van der Waals surface area (Å²) in [5, 5.41) is 10.7. The first-order chi connectivity index (χ1) is 72.6. The molecule has 19 nitrogen and oxygen atoms in total. The highest BCUT2D eigenvalue weighted by atomic mass is 35.5. The third-order valence-electron chi connectivity index (χ3n) is 29.3. The lowest BCUT2D eigenvalue weighted by atomic mass is 9.79. The maximum atomic E-state index is 14.3. The van der Waals surface area contributed by atoms with Crippen molar-refractivity contribution in [3.8, 4) is 0 Å². The Morgan fingerprint density at radius 3 is 0.940 bits per heavy atom. The summed E-state index contributed by atoms with van der Waals surface area (Å²) in [6.45, 7) is 20.7. The molecule has 0 aliphatic carbocycles. The van der Waals surface area contributed by atoms with E-state index >= 15 is 0 Å². The fourth-order valence-electron chi connectivity index (χ4n) is 19.3. The van der Waals surface area contributed by atoms with Gasteiger partial charge in [0.1, 0.15) is 12.2 Å². The number of halogens is 4. The van der Waals surface area contributed by atoms with Gasteiger partial charge in [-0.25, -0.2) is 0 Å². The second-order valence-corrected chi connectivity index (χ2v) is 41.5. The van der Waals surface area contributed by atoms with Crippen molar-refractivity contribution in [1.82, 2.24) is 21.3 Å². The average molecular weight is 2080 g/mol. The number of alkyl halides is 3. The number of hydrogen-bond acceptors (Lipinski definition) is 15. The standard InChI is InChI=1S/C67H100N2O7.C52H75F3N2O7.C7H5ClO/c1-5-6-7-8-9-10-11-12-14-17-20-35-46-62(73-50-58-40-29-24-30-41-58)65(74-51-59-42-31-25-32-43-59)61(52-75-67-56(4)54(2)55(3)63(76-67)53-72-49-57-38-27-23-28-39-57)69-64(70)47-36-21-18-15-13-16-19-22-37-48-68-66(71)60-44-33-26-34-45-60;1-5-6-7-8-9-10-11-12-13-14-15-25-32-46(61-35-43-28-21-17-22-29-43)49(62-36-44-30-23-18-24-31-44)45(57-48(58)33-56-51(59)52(53,54)55)37-63-50-41(4)39(2)40(3)47(64-50)38-60-34-42-26-19-16-20-27-42;8-7(9)6-4-2-1-3-5-6/h23-34,38-45,54-56,61-63,65,67H,5-22,35-37,46-53H2,1-4H3,(H,68,71)(H,69,70);16-24,26-31,39-41,45-47,49-50H,5-15,25,32-38H2,1-4H3,(H,56,59)(H,57,58);1-5H/t54-,55+,56?,61-,62+,63?,65-,67-;39-,40+,41?,45-,46+,47?,49-,50-;/m00./s1. The van der Waals surface area contributed by atoms with E-state index in [2.05, 4.69) is 120 Å². The molecule has 10 rings (SSSR count). The fourth-order valence-corrected chi connectivity index (χ4v) is 19.4. The molecule has 149 heavy (non-hydrogen) atoms. The normalized spacial score (nSPS) is 18.8. The number of hydrogen-bond donors (Lipinski definition) is 4. The average Bonchev–Trinajstić information content (AvgIpc) is 0.811. The van der Waals surface area contributed by atoms with Crippen LogP contribution in [0.1, 0.15) is 341 Å². The van der Waals surface area contributed by atoms with Crippen LogP contribution in [0.4, 0.5) is 13.2 Å². The van der Waals surface area contributed by atoms with E-state index in [0.29, 0.717) is 76.1 Å². The Morgan fingerprint density at radius 1 is 0.329 bits per heavy atom. The second kappa shape index (κ2) is 76.5. The lowest BCUT2D eigenvalue weighted by Crippen LogP contribution is -2.56. The quantitative estimate of drug-likeness (QED) is 0.0205. The molecule has 8 aromatic rings. The largest absolute Gasteiger partial charge is 0.471 e. The van der Waals surface area contributed by atoms with E-state index in [9.17, 15) is 37.1 Å². The summed E-state index contributed by atoms with van der Waals surface area (Å²) in [5.74, 6) is -1.97. The molecule has 4 N–H and O–H groups in total. The third kappa shape index (κ3) is 52.5. The molecule has 23 heteroatoms. The molecule has 0 aromatic heterocycles. The van der Waals surface area contributed by atoms with Crippen molar-refractivity contribution in [2.75, 3.05) is 39.5 Å². The van der Waals surface area contributed by atoms with Crippen molar-refractivity contribution in [2.45, 2.75) is 394 Å². The fraction of sp³-hybridized carbons (Fsp3) is 0.579. The predicted octanol–water partition coefficient (Wildman–Crippen LogP) is 29.3. The Labute approximate surface area is 896 Å². The van der Waals surface area contributed by atoms with Gasteiger partial charge in [-0.3, -0.25) is 24.0 Å². The highest BCUT2D eigenvalue weighted by molar-refractivity contribution is 6.67. The minimum Gasteiger partial charge on any atom is -0.374 e. The van der Waals surface area contributed by atoms with Crippen LogP contribution in [-0.2, 0) is 101 Å². The van der Waals surface area contributed by atoms with Crippen LogP contribution in [0.25, 0.3) is 0 Å². The Balaban J connectivity index is 0.000000338. The van der Waals surface area contributed by atoms with E-state index in [1.165, 1.54) is 135 Å². The van der Waals surface area contributed by atoms with Gasteiger partial charge in [-0.2, -0.15) is 13.2 Å². The lowest BCUT2D eigenvalue weighted by Gasteiger charge is -2.44. The van der Waals surface area contributed by atoms with Gasteiger partial charge >= 0.3 is 12.1 Å². The molecule has 2 aliphatic heterocycles. The van der Waals surface area contributed by atoms with Crippen LogP contribution >= 0.6 is 11.6 Å². The van der Waals surface area contributed by atoms with Crippen LogP contribution in [0.5, 0.6) is 0 Å². The molecular weight excluding hydrogens is 1900 g/mol. The lowest BCUT2D eigenvalue weighted by molar-refractivity contribution is -0.262. The Kier molecular flexibility index (Phi) is 64.3. The number of carbonyl (C=O) groups is 5. The van der Waals surface area contributed by atoms with E-state index in [-0.39, 0.29) is 86.1 Å². The first kappa shape index (κ1) is 125. The van der Waals surface area contributed by atoms with Gasteiger partial charge in [0.15, 0.2) is 12.6 Å². The predicted molar refractivity (Wildman–Crippen MR) is 592 cm³/mol. The monoisotopic (exact) mass is 2080 g/mol. The Morgan fingerprint density at radius 2 is 0.617 bits per heavy atom. The molecule has 822 valence electrons. The van der Waals surface area contributed by atoms with Crippen molar-refractivity contribution < 1.29 is 84.5 Å². The van der Waals surface area contributed by atoms with E-state index in [1.807, 2.05) is 170 Å². The SMILES string of the molecule is CCCCCCCCCCCCCC[C@@H](OCc1ccccc1)[C@@H](OCc1ccccc1)[C@H](CO[C@H]1OC(COCc2ccccc2)[C@H](C)[C@H](C)C1C)NC(=O)CCCCCCCCCCCNC(=O)c1ccccc1.CCCCCCCCCCCCCC[C@@H](OCc1ccccc1)[C@@H](OCc1ccccc1)[C@H](CO[C@H]1OC(COCc2ccccc2)[C@H](C)[C@H](C)C1C)NC(=O)CNC(=O)C(F)(F)F.O=C(Cl)c1ccccc1. The number of amides is 4. The van der Waals surface area contributed by atoms with Crippen molar-refractivity contribution in [3.05, 3.63) is 287 Å². The molecule has 16 atom stereocenters. The molecule has 0 radical (unpaired) electrons. The van der Waals surface area contributed by atoms with Gasteiger partial charge in [-0.15, -0.1) is 0 Å². The number of rotatable bonds is 74. The number of benzene rings is 8. The van der Waals surface area contributed by atoms with Crippen LogP contribution in [0.15, 0.2) is 243 Å². The molecule has 0 bridgehead atoms. The van der Waals surface area contributed by atoms with Crippen LogP contribution in [-0.4, -0.2) is 136 Å². The molecule has 2 fully saturated rings. The van der Waals surface area contributed by atoms with Crippen molar-refractivity contribution in [3.63, 3.8) is 0 Å². The zero-order valence-electron chi connectivity index (χ0n) is 90.9. The molecule has 0 spiro atoms. The van der Waals surface area contributed by atoms with Gasteiger partial charge in [0.05, 0.1) is 109 Å². The molecule has 2 aliphatic rings. The zero-order valence-corrected chi connectivity index (χ0v) is 91.7. The Bertz CT molecular complexity index is 4730. The van der Waals surface area contributed by atoms with E-state index in [0.717, 1.165) is 117 Å². The van der Waals surface area contributed by atoms with Gasteiger partial charge in [0.25, 0.3) is 11.1 Å². The summed E-state index contributed by atoms with van der Waals surface area (Å²) in [7, 11) is 0. The van der Waals surface area contributed by atoms with Crippen molar-refractivity contribution in [1.29, 1.82) is 0 Å². The highest BCUT2D eigenvalue weighted by Crippen LogP contribution is 2.39. The minimum absolute atomic E-state index is 0.000659. The number of carbonyl (C=O) groups excluding carboxylic acids is 5. The van der Waals surface area contributed by atoms with Crippen LogP contribution in [0.2, 0.25) is 0 Å². The zero-order chi connectivity index (χ0) is 106. The number of ether oxygens (including phenoxy) is 10. The van der Waals surface area contributed by atoms with Gasteiger partial charge in [-0.1, -0.05) is 485 Å². The van der Waals surface area contributed by atoms with Crippen LogP contribution < -0.4 is 21.3 Å². The van der Waals surface area contributed by atoms with Gasteiger partial charge in [-0.05, 0) is 106 Å². The maximum absolute atomic E-state index is 14.3. The molecular formula is C126H180ClF3N4O15. The molecule has 4 amide bonds. The molecule has 8 aromatic carbocycles. The Hall–Kier alpha value is -9.01. The van der Waals surface area contributed by atoms with Crippen molar-refractivity contribution >= 4 is 40.5 Å². The molecule has 2 heterocycles. The summed E-state index contributed by atoms with van der Waals surface area (Å²) in [5.41, 5.74) is 7.49. The summed E-state index contributed by atoms with van der Waals surface area (Å²) in [4.78, 5) is 62.3. The molecule has 0 saturated carbocycles. The number of unbranched alkanes of at least 4 members (excludes halogenated alkanes) is 30. The molecule has 2 saturated heterocycles. The van der Waals surface area contributed by atoms with Crippen LogP contribution in [0.3, 0.4) is 0 Å². The maximum Gasteiger partial charge on any atom is 0.471 e. The van der Waals surface area contributed by atoms with E-state index in [1.54, 1.807) is 29.6 Å². The van der Waals surface area contributed by atoms with E-state index < -0.39 is 72.8 Å². The first-order valence-electron chi connectivity index (χ1n) is 56.5. The number of nitrogens with one attached hydrogen (secondary N) is 4. The first-order valence-corrected chi connectivity index (χ1v) is 56.9. The summed E-state index contributed by atoms with van der Waals surface area (Å²) >= 11 is 5.16. The van der Waals surface area contributed by atoms with E-state index in [4.69, 9.17) is 59.0 Å². The second-order valence-electron chi connectivity index (χ2n) is 41.2. The summed E-state index contributed by atoms with van der Waals surface area (Å²) in [6.07, 6.45) is 32.4. The topological polar surface area (TPSA) is 226 Å². The van der Waals surface area contributed by atoms with Gasteiger partial charge in [0, 0.05) is 35.9 Å². The third-order valence-corrected chi connectivity index (χ3v) is 29.5. The smallest absolute Gasteiger partial charge is 0.374 e. The molecule has 4 unspecified atom stereocenters. The summed E-state index contributed by atoms with van der Waals surface area (Å²) < 4.78 is 106. The van der Waals surface area contributed by atoms with Crippen molar-refractivity contribution in [2.24, 2.45) is 35.5 Å².